The highest BCUT2D eigenvalue weighted by molar-refractivity contribution is 5.94. The van der Waals surface area contributed by atoms with Crippen LogP contribution in [0.1, 0.15) is 37.0 Å². The number of carbonyl (C=O) groups is 1. The van der Waals surface area contributed by atoms with Crippen molar-refractivity contribution >= 4 is 5.91 Å². The van der Waals surface area contributed by atoms with Crippen LogP contribution < -0.4 is 0 Å². The molecule has 0 unspecified atom stereocenters. The fourth-order valence-electron chi connectivity index (χ4n) is 3.72. The number of morpholine rings is 1. The Hall–Kier alpha value is -1.54. The second kappa shape index (κ2) is 11.2. The number of rotatable bonds is 11. The van der Waals surface area contributed by atoms with Gasteiger partial charge < -0.3 is 19.5 Å². The average molecular weight is 423 g/mol. The van der Waals surface area contributed by atoms with E-state index in [1.807, 2.05) is 4.90 Å². The van der Waals surface area contributed by atoms with Crippen molar-refractivity contribution in [1.29, 1.82) is 0 Å². The van der Waals surface area contributed by atoms with Gasteiger partial charge in [-0.2, -0.15) is 0 Å². The van der Waals surface area contributed by atoms with E-state index >= 15 is 0 Å². The number of β-amino-alcohol motifs (C(OH)–C–C–N with tert-alkyl or cyclic N) is 1. The van der Waals surface area contributed by atoms with Crippen LogP contribution in [-0.4, -0.2) is 85.6 Å². The fourth-order valence-corrected chi connectivity index (χ4v) is 3.72. The number of ether oxygens (including phenoxy) is 2. The molecule has 0 aromatic heterocycles. The molecule has 1 amide bonds. The Morgan fingerprint density at radius 2 is 2.00 bits per heavy atom. The second-order valence-corrected chi connectivity index (χ2v) is 9.00. The maximum Gasteiger partial charge on any atom is 0.253 e. The van der Waals surface area contributed by atoms with Gasteiger partial charge in [-0.1, -0.05) is 13.8 Å². The summed E-state index contributed by atoms with van der Waals surface area (Å²) in [7, 11) is 0. The highest BCUT2D eigenvalue weighted by Gasteiger charge is 2.31. The largest absolute Gasteiger partial charge is 0.389 e. The van der Waals surface area contributed by atoms with Gasteiger partial charge in [0.25, 0.3) is 5.91 Å². The van der Waals surface area contributed by atoms with Crippen LogP contribution in [0.3, 0.4) is 0 Å². The van der Waals surface area contributed by atoms with Gasteiger partial charge >= 0.3 is 0 Å². The second-order valence-electron chi connectivity index (χ2n) is 9.00. The van der Waals surface area contributed by atoms with Crippen molar-refractivity contribution in [3.05, 3.63) is 35.6 Å². The molecule has 1 aromatic carbocycles. The molecule has 1 heterocycles. The minimum absolute atomic E-state index is 0.0789. The topological polar surface area (TPSA) is 62.2 Å². The minimum Gasteiger partial charge on any atom is -0.389 e. The molecule has 1 aromatic rings. The van der Waals surface area contributed by atoms with E-state index in [9.17, 15) is 14.3 Å². The number of benzene rings is 1. The van der Waals surface area contributed by atoms with Crippen molar-refractivity contribution in [2.75, 3.05) is 52.5 Å². The molecule has 1 saturated heterocycles. The Morgan fingerprint density at radius 3 is 2.67 bits per heavy atom. The number of hydrogen-bond donors (Lipinski definition) is 1. The molecule has 1 aliphatic carbocycles. The van der Waals surface area contributed by atoms with Gasteiger partial charge in [0.05, 0.1) is 25.4 Å². The molecule has 3 rings (SSSR count). The summed E-state index contributed by atoms with van der Waals surface area (Å²) in [4.78, 5) is 17.0. The Labute approximate surface area is 178 Å². The lowest BCUT2D eigenvalue weighted by molar-refractivity contribution is -0.0599. The van der Waals surface area contributed by atoms with Crippen molar-refractivity contribution in [2.24, 2.45) is 11.8 Å². The van der Waals surface area contributed by atoms with Gasteiger partial charge in [-0.25, -0.2) is 4.39 Å². The molecule has 168 valence electrons. The normalized spacial score (nSPS) is 21.0. The zero-order chi connectivity index (χ0) is 21.5. The lowest BCUT2D eigenvalue weighted by Gasteiger charge is -2.36. The van der Waals surface area contributed by atoms with Gasteiger partial charge in [-0.05, 0) is 48.9 Å². The van der Waals surface area contributed by atoms with Gasteiger partial charge in [0.1, 0.15) is 5.82 Å². The van der Waals surface area contributed by atoms with E-state index in [2.05, 4.69) is 18.7 Å². The summed E-state index contributed by atoms with van der Waals surface area (Å²) >= 11 is 0. The fraction of sp³-hybridized carbons (Fsp3) is 0.696. The highest BCUT2D eigenvalue weighted by Crippen LogP contribution is 2.30. The van der Waals surface area contributed by atoms with Crippen LogP contribution in [-0.2, 0) is 9.47 Å². The Balaban J connectivity index is 1.52. The summed E-state index contributed by atoms with van der Waals surface area (Å²) < 4.78 is 24.7. The van der Waals surface area contributed by atoms with Crippen LogP contribution in [0.25, 0.3) is 0 Å². The van der Waals surface area contributed by atoms with Gasteiger partial charge in [-0.3, -0.25) is 9.69 Å². The molecular formula is C23H35FN2O4. The number of aliphatic hydroxyl groups is 1. The van der Waals surface area contributed by atoms with Crippen LogP contribution >= 0.6 is 0 Å². The predicted molar refractivity (Wildman–Crippen MR) is 113 cm³/mol. The third-order valence-corrected chi connectivity index (χ3v) is 5.43. The Bertz CT molecular complexity index is 666. The summed E-state index contributed by atoms with van der Waals surface area (Å²) in [5, 5.41) is 10.3. The molecule has 0 radical (unpaired) electrons. The average Bonchev–Trinajstić information content (AvgIpc) is 3.51. The first-order chi connectivity index (χ1) is 14.4. The van der Waals surface area contributed by atoms with Crippen molar-refractivity contribution in [3.63, 3.8) is 0 Å². The SMILES string of the molecule is CC(C)COC[C@@H](O)CN1CCO[C@H](CN(CC2CC2)C(=O)c2ccc(F)cc2)C1. The summed E-state index contributed by atoms with van der Waals surface area (Å²) in [5.74, 6) is 0.572. The number of halogens is 1. The molecule has 1 aliphatic heterocycles. The Kier molecular flexibility index (Phi) is 8.62. The minimum atomic E-state index is -0.536. The molecule has 30 heavy (non-hydrogen) atoms. The van der Waals surface area contributed by atoms with Crippen LogP contribution in [0.4, 0.5) is 4.39 Å². The quantitative estimate of drug-likeness (QED) is 0.593. The molecule has 2 aliphatic rings. The van der Waals surface area contributed by atoms with Crippen molar-refractivity contribution in [2.45, 2.75) is 38.9 Å². The number of hydrogen-bond acceptors (Lipinski definition) is 5. The lowest BCUT2D eigenvalue weighted by Crippen LogP contribution is -2.51. The van der Waals surface area contributed by atoms with E-state index in [1.54, 1.807) is 12.1 Å². The molecule has 7 heteroatoms. The first-order valence-corrected chi connectivity index (χ1v) is 11.0. The number of carbonyl (C=O) groups excluding carboxylic acids is 1. The zero-order valence-corrected chi connectivity index (χ0v) is 18.1. The van der Waals surface area contributed by atoms with Crippen molar-refractivity contribution < 1.29 is 23.8 Å². The number of aliphatic hydroxyl groups excluding tert-OH is 1. The van der Waals surface area contributed by atoms with Gasteiger partial charge in [0, 0.05) is 44.9 Å². The van der Waals surface area contributed by atoms with E-state index in [4.69, 9.17) is 9.47 Å². The van der Waals surface area contributed by atoms with Crippen molar-refractivity contribution in [3.8, 4) is 0 Å². The standard InChI is InChI=1S/C23H35FN2O4/c1-17(2)15-29-16-21(27)12-25-9-10-30-22(13-25)14-26(11-18-3-4-18)23(28)19-5-7-20(24)8-6-19/h5-8,17-18,21-22,27H,3-4,9-16H2,1-2H3/t21-,22-/m0/s1. The number of nitrogens with zero attached hydrogens (tertiary/aromatic N) is 2. The molecule has 2 atom stereocenters. The monoisotopic (exact) mass is 422 g/mol. The summed E-state index contributed by atoms with van der Waals surface area (Å²) in [5.41, 5.74) is 0.502. The maximum atomic E-state index is 13.2. The van der Waals surface area contributed by atoms with E-state index in [0.29, 0.717) is 63.4 Å². The molecule has 0 spiro atoms. The van der Waals surface area contributed by atoms with Crippen molar-refractivity contribution in [1.82, 2.24) is 9.80 Å². The van der Waals surface area contributed by atoms with Crippen LogP contribution in [0.15, 0.2) is 24.3 Å². The van der Waals surface area contributed by atoms with Crippen LogP contribution in [0.5, 0.6) is 0 Å². The van der Waals surface area contributed by atoms with Crippen LogP contribution in [0, 0.1) is 17.7 Å². The lowest BCUT2D eigenvalue weighted by atomic mass is 10.1. The number of amides is 1. The highest BCUT2D eigenvalue weighted by atomic mass is 19.1. The Morgan fingerprint density at radius 1 is 1.27 bits per heavy atom. The molecule has 1 saturated carbocycles. The first kappa shape index (κ1) is 23.1. The zero-order valence-electron chi connectivity index (χ0n) is 18.1. The molecule has 2 fully saturated rings. The van der Waals surface area contributed by atoms with Gasteiger partial charge in [0.15, 0.2) is 0 Å². The maximum absolute atomic E-state index is 13.2. The van der Waals surface area contributed by atoms with E-state index in [1.165, 1.54) is 12.1 Å². The van der Waals surface area contributed by atoms with E-state index in [0.717, 1.165) is 19.4 Å². The third kappa shape index (κ3) is 7.61. The predicted octanol–water partition coefficient (Wildman–Crippen LogP) is 2.41. The third-order valence-electron chi connectivity index (χ3n) is 5.43. The molecule has 1 N–H and O–H groups in total. The molecule has 6 nitrogen and oxygen atoms in total. The smallest absolute Gasteiger partial charge is 0.253 e. The first-order valence-electron chi connectivity index (χ1n) is 11.0. The molecular weight excluding hydrogens is 387 g/mol. The summed E-state index contributed by atoms with van der Waals surface area (Å²) in [6.45, 7) is 8.88. The van der Waals surface area contributed by atoms with E-state index in [-0.39, 0.29) is 17.8 Å². The van der Waals surface area contributed by atoms with Crippen LogP contribution in [0.2, 0.25) is 0 Å². The van der Waals surface area contributed by atoms with Gasteiger partial charge in [0.2, 0.25) is 0 Å². The summed E-state index contributed by atoms with van der Waals surface area (Å²) in [6.07, 6.45) is 1.65. The van der Waals surface area contributed by atoms with Gasteiger partial charge in [-0.15, -0.1) is 0 Å². The summed E-state index contributed by atoms with van der Waals surface area (Å²) in [6, 6.07) is 5.73. The molecule has 0 bridgehead atoms. The van der Waals surface area contributed by atoms with E-state index < -0.39 is 6.10 Å².